The molecular weight excluding hydrogens is 276 g/mol. The van der Waals surface area contributed by atoms with Gasteiger partial charge in [0.15, 0.2) is 0 Å². The third kappa shape index (κ3) is 1.94. The second-order valence-electron chi connectivity index (χ2n) is 1.75. The Bertz CT molecular complexity index is 163. The molecule has 0 unspecified atom stereocenters. The predicted molar refractivity (Wildman–Crippen MR) is 27.5 cm³/mol. The van der Waals surface area contributed by atoms with Crippen molar-refractivity contribution in [3.63, 3.8) is 0 Å². The van der Waals surface area contributed by atoms with E-state index in [0.29, 0.717) is 0 Å². The van der Waals surface area contributed by atoms with E-state index in [-0.39, 0.29) is 0 Å². The van der Waals surface area contributed by atoms with E-state index in [1.54, 1.807) is 0 Å². The van der Waals surface area contributed by atoms with Crippen LogP contribution in [-0.2, 0) is 0 Å². The van der Waals surface area contributed by atoms with Crippen LogP contribution in [-0.4, -0.2) is 41.1 Å². The van der Waals surface area contributed by atoms with Gasteiger partial charge < -0.3 is 0 Å². The standard InChI is InChI=1S/C3F7SeSi/c4-1(5,2(6,7)8)3(9,10)12-11. The molecule has 0 aliphatic heterocycles. The zero-order chi connectivity index (χ0) is 10.2. The Morgan fingerprint density at radius 2 is 1.17 bits per heavy atom. The first-order chi connectivity index (χ1) is 5.06. The van der Waals surface area contributed by atoms with Crippen LogP contribution < -0.4 is 0 Å². The summed E-state index contributed by atoms with van der Waals surface area (Å²) in [6.07, 6.45) is -6.21. The summed E-state index contributed by atoms with van der Waals surface area (Å²) in [7, 11) is -1.92. The molecule has 0 heterocycles. The molecule has 9 heteroatoms. The molecule has 0 aromatic carbocycles. The molecule has 0 aromatic heterocycles. The molecule has 0 atom stereocenters. The molecule has 0 fully saturated rings. The molecule has 0 N–H and O–H groups in total. The van der Waals surface area contributed by atoms with Crippen molar-refractivity contribution >= 4 is 23.5 Å². The van der Waals surface area contributed by atoms with E-state index < -0.39 is 25.8 Å². The summed E-state index contributed by atoms with van der Waals surface area (Å²) >= 11 is 1.46. The molecule has 0 aliphatic carbocycles. The Morgan fingerprint density at radius 3 is 1.25 bits per heavy atom. The fourth-order valence-electron chi connectivity index (χ4n) is 0.242. The van der Waals surface area contributed by atoms with Gasteiger partial charge in [-0.2, -0.15) is 0 Å². The third-order valence-corrected chi connectivity index (χ3v) is 3.06. The van der Waals surface area contributed by atoms with E-state index in [0.717, 1.165) is 0 Å². The van der Waals surface area contributed by atoms with Crippen molar-refractivity contribution in [1.82, 2.24) is 0 Å². The zero-order valence-electron chi connectivity index (χ0n) is 5.05. The van der Waals surface area contributed by atoms with E-state index >= 15 is 0 Å². The Morgan fingerprint density at radius 1 is 0.833 bits per heavy atom. The fraction of sp³-hybridized carbons (Fsp3) is 1.00. The summed E-state index contributed by atoms with van der Waals surface area (Å²) < 4.78 is 81.3. The first kappa shape index (κ1) is 12.2. The maximum absolute atomic E-state index is 11.9. The van der Waals surface area contributed by atoms with Crippen LogP contribution in [0.5, 0.6) is 0 Å². The van der Waals surface area contributed by atoms with Crippen molar-refractivity contribution in [3.8, 4) is 0 Å². The van der Waals surface area contributed by atoms with E-state index in [9.17, 15) is 30.7 Å². The number of hydrogen-bond acceptors (Lipinski definition) is 0. The van der Waals surface area contributed by atoms with Crippen molar-refractivity contribution in [2.45, 2.75) is 17.6 Å². The molecule has 0 amide bonds. The zero-order valence-corrected chi connectivity index (χ0v) is 7.77. The van der Waals surface area contributed by atoms with Gasteiger partial charge in [0, 0.05) is 0 Å². The Balaban J connectivity index is 4.85. The van der Waals surface area contributed by atoms with Crippen LogP contribution in [0.15, 0.2) is 0 Å². The molecule has 0 saturated carbocycles. The van der Waals surface area contributed by atoms with Gasteiger partial charge in [0.05, 0.1) is 0 Å². The number of rotatable bonds is 2. The van der Waals surface area contributed by atoms with Crippen LogP contribution in [0.1, 0.15) is 0 Å². The second-order valence-corrected chi connectivity index (χ2v) is 3.87. The summed E-state index contributed by atoms with van der Waals surface area (Å²) in [5.74, 6) is -5.97. The molecule has 0 saturated heterocycles. The second kappa shape index (κ2) is 3.19. The summed E-state index contributed by atoms with van der Waals surface area (Å²) in [6.45, 7) is 0. The van der Waals surface area contributed by atoms with Gasteiger partial charge in [-0.3, -0.25) is 0 Å². The molecule has 0 nitrogen and oxygen atoms in total. The monoisotopic (exact) mass is 277 g/mol. The molecule has 3 radical (unpaired) electrons. The van der Waals surface area contributed by atoms with Gasteiger partial charge in [-0.25, -0.2) is 0 Å². The minimum absolute atomic E-state index is 1.46. The number of halogens is 7. The molecule has 0 aliphatic rings. The van der Waals surface area contributed by atoms with Gasteiger partial charge in [-0.05, 0) is 0 Å². The molecule has 0 spiro atoms. The van der Waals surface area contributed by atoms with Crippen molar-refractivity contribution in [2.24, 2.45) is 0 Å². The summed E-state index contributed by atoms with van der Waals surface area (Å²) in [6, 6.07) is 0. The molecule has 71 valence electrons. The topological polar surface area (TPSA) is 0 Å². The van der Waals surface area contributed by atoms with Gasteiger partial charge in [-0.1, -0.05) is 0 Å². The van der Waals surface area contributed by atoms with Crippen molar-refractivity contribution in [2.75, 3.05) is 0 Å². The van der Waals surface area contributed by atoms with Crippen molar-refractivity contribution in [1.29, 1.82) is 0 Å². The van der Waals surface area contributed by atoms with Crippen LogP contribution in [0.2, 0.25) is 0 Å². The van der Waals surface area contributed by atoms with Gasteiger partial charge >= 0.3 is 71.9 Å². The van der Waals surface area contributed by atoms with E-state index in [1.165, 1.54) is 15.4 Å². The Labute approximate surface area is 72.6 Å². The van der Waals surface area contributed by atoms with E-state index in [1.807, 2.05) is 0 Å². The Hall–Kier alpha value is 0.246. The van der Waals surface area contributed by atoms with Gasteiger partial charge in [0.2, 0.25) is 0 Å². The normalized spacial score (nSPS) is 15.0. The van der Waals surface area contributed by atoms with E-state index in [2.05, 4.69) is 0 Å². The Kier molecular flexibility index (Phi) is 3.25. The summed E-state index contributed by atoms with van der Waals surface area (Å²) in [5.41, 5.74) is -5.06. The summed E-state index contributed by atoms with van der Waals surface area (Å²) in [4.78, 5) is 0. The third-order valence-electron chi connectivity index (χ3n) is 0.879. The first-order valence-corrected chi connectivity index (χ1v) is 5.75. The number of alkyl halides is 7. The van der Waals surface area contributed by atoms with Crippen LogP contribution >= 0.6 is 0 Å². The minimum atomic E-state index is -6.21. The predicted octanol–water partition coefficient (Wildman–Crippen LogP) is 1.56. The fourth-order valence-corrected chi connectivity index (χ4v) is 1.32. The molecular formula is C3F7SeSi. The molecule has 12 heavy (non-hydrogen) atoms. The van der Waals surface area contributed by atoms with Crippen LogP contribution in [0.4, 0.5) is 30.7 Å². The van der Waals surface area contributed by atoms with Crippen molar-refractivity contribution in [3.05, 3.63) is 0 Å². The average Bonchev–Trinajstić information content (AvgIpc) is 1.85. The molecule has 0 aromatic rings. The van der Waals surface area contributed by atoms with Gasteiger partial charge in [0.25, 0.3) is 0 Å². The van der Waals surface area contributed by atoms with Crippen molar-refractivity contribution < 1.29 is 30.7 Å². The van der Waals surface area contributed by atoms with Gasteiger partial charge in [-0.15, -0.1) is 0 Å². The van der Waals surface area contributed by atoms with E-state index in [4.69, 9.17) is 0 Å². The maximum atomic E-state index is 11.9. The first-order valence-electron chi connectivity index (χ1n) is 2.28. The average molecular weight is 276 g/mol. The number of hydrogen-bond donors (Lipinski definition) is 0. The van der Waals surface area contributed by atoms with Crippen LogP contribution in [0.25, 0.3) is 0 Å². The van der Waals surface area contributed by atoms with Crippen LogP contribution in [0.3, 0.4) is 0 Å². The molecule has 0 bridgehead atoms. The van der Waals surface area contributed by atoms with Gasteiger partial charge in [0.1, 0.15) is 0 Å². The SMILES string of the molecule is FC(F)(F)C(F)(F)C(F)(F)[Si][Se]. The summed E-state index contributed by atoms with van der Waals surface area (Å²) in [5, 5.41) is 0. The van der Waals surface area contributed by atoms with Crippen LogP contribution in [0, 0.1) is 0 Å². The quantitative estimate of drug-likeness (QED) is 0.530. The molecule has 0 rings (SSSR count).